The zero-order valence-electron chi connectivity index (χ0n) is 8.84. The maximum atomic E-state index is 4.99. The van der Waals surface area contributed by atoms with Gasteiger partial charge in [-0.1, -0.05) is 60.4 Å². The van der Waals surface area contributed by atoms with E-state index in [2.05, 4.69) is 41.4 Å². The van der Waals surface area contributed by atoms with E-state index in [1.54, 1.807) is 11.8 Å². The molecule has 1 aromatic carbocycles. The average Bonchev–Trinajstić information content (AvgIpc) is 2.73. The molecule has 0 aliphatic carbocycles. The van der Waals surface area contributed by atoms with E-state index >= 15 is 0 Å². The second-order valence-electron chi connectivity index (χ2n) is 3.50. The van der Waals surface area contributed by atoms with Gasteiger partial charge in [0.1, 0.15) is 0 Å². The highest BCUT2D eigenvalue weighted by Crippen LogP contribution is 2.26. The molecule has 0 unspecified atom stereocenters. The Hall–Kier alpha value is -0.650. The van der Waals surface area contributed by atoms with Gasteiger partial charge in [0.2, 0.25) is 0 Å². The molecule has 0 aliphatic rings. The number of thioether (sulfide) groups is 1. The Kier molecular flexibility index (Phi) is 4.15. The first kappa shape index (κ1) is 11.8. The fourth-order valence-electron chi connectivity index (χ4n) is 1.35. The fraction of sp³-hybridized carbons (Fsp3) is 0.273. The van der Waals surface area contributed by atoms with Gasteiger partial charge < -0.3 is 0 Å². The van der Waals surface area contributed by atoms with Gasteiger partial charge >= 0.3 is 0 Å². The fourth-order valence-corrected chi connectivity index (χ4v) is 3.52. The number of hydrogen-bond acceptors (Lipinski definition) is 4. The predicted octanol–water partition coefficient (Wildman–Crippen LogP) is 4.10. The molecule has 0 spiro atoms. The summed E-state index contributed by atoms with van der Waals surface area (Å²) in [7, 11) is 0. The summed E-state index contributed by atoms with van der Waals surface area (Å²) in [6.07, 6.45) is 0. The number of rotatable bonds is 4. The Morgan fingerprint density at radius 2 is 2.19 bits per heavy atom. The van der Waals surface area contributed by atoms with Gasteiger partial charge in [0, 0.05) is 5.75 Å². The van der Waals surface area contributed by atoms with Crippen LogP contribution in [-0.4, -0.2) is 16.0 Å². The van der Waals surface area contributed by atoms with Crippen LogP contribution in [0.4, 0.5) is 0 Å². The Balaban J connectivity index is 1.94. The summed E-state index contributed by atoms with van der Waals surface area (Å²) in [5.41, 5.74) is 1.37. The molecular weight excluding hydrogens is 256 g/mol. The van der Waals surface area contributed by atoms with E-state index in [0.717, 1.165) is 14.0 Å². The number of aromatic amines is 1. The van der Waals surface area contributed by atoms with Crippen molar-refractivity contribution in [2.24, 2.45) is 0 Å². The Labute approximate surface area is 108 Å². The molecule has 0 aliphatic heterocycles. The van der Waals surface area contributed by atoms with Crippen LogP contribution in [0, 0.1) is 3.95 Å². The van der Waals surface area contributed by atoms with Crippen molar-refractivity contribution >= 4 is 35.3 Å². The van der Waals surface area contributed by atoms with Gasteiger partial charge in [0.05, 0.1) is 0 Å². The minimum absolute atomic E-state index is 0.531. The van der Waals surface area contributed by atoms with Crippen LogP contribution in [0.1, 0.15) is 18.4 Å². The van der Waals surface area contributed by atoms with Crippen molar-refractivity contribution in [2.75, 3.05) is 5.75 Å². The van der Waals surface area contributed by atoms with Crippen molar-refractivity contribution in [3.05, 3.63) is 39.8 Å². The van der Waals surface area contributed by atoms with Crippen molar-refractivity contribution < 1.29 is 0 Å². The molecule has 0 bridgehead atoms. The number of H-pyrrole nitrogens is 1. The molecule has 0 radical (unpaired) electrons. The first-order valence-corrected chi connectivity index (χ1v) is 7.20. The van der Waals surface area contributed by atoms with E-state index in [1.807, 2.05) is 6.07 Å². The lowest BCUT2D eigenvalue weighted by atomic mass is 10.0. The highest BCUT2D eigenvalue weighted by atomic mass is 32.2. The SMILES string of the molecule is C[C@@H](CSc1n[nH]c(=S)s1)c1ccccc1. The quantitative estimate of drug-likeness (QED) is 0.668. The lowest BCUT2D eigenvalue weighted by molar-refractivity contribution is 0.878. The number of benzene rings is 1. The highest BCUT2D eigenvalue weighted by molar-refractivity contribution is 8.01. The normalized spacial score (nSPS) is 12.6. The van der Waals surface area contributed by atoms with Gasteiger partial charge in [-0.05, 0) is 23.7 Å². The van der Waals surface area contributed by atoms with Crippen molar-refractivity contribution in [1.29, 1.82) is 0 Å². The maximum Gasteiger partial charge on any atom is 0.177 e. The topological polar surface area (TPSA) is 28.7 Å². The second-order valence-corrected chi connectivity index (χ2v) is 6.43. The third-order valence-corrected chi connectivity index (χ3v) is 4.74. The maximum absolute atomic E-state index is 4.99. The van der Waals surface area contributed by atoms with Gasteiger partial charge in [-0.3, -0.25) is 5.10 Å². The van der Waals surface area contributed by atoms with Gasteiger partial charge in [0.15, 0.2) is 8.29 Å². The van der Waals surface area contributed by atoms with Gasteiger partial charge in [-0.25, -0.2) is 0 Å². The Morgan fingerprint density at radius 1 is 1.44 bits per heavy atom. The third kappa shape index (κ3) is 3.17. The predicted molar refractivity (Wildman–Crippen MR) is 72.9 cm³/mol. The molecule has 1 aromatic heterocycles. The zero-order valence-corrected chi connectivity index (χ0v) is 11.3. The lowest BCUT2D eigenvalue weighted by Crippen LogP contribution is -1.95. The van der Waals surface area contributed by atoms with Gasteiger partial charge in [-0.15, -0.1) is 0 Å². The smallest absolute Gasteiger partial charge is 0.177 e. The van der Waals surface area contributed by atoms with Crippen LogP contribution in [0.25, 0.3) is 0 Å². The molecule has 0 fully saturated rings. The minimum atomic E-state index is 0.531. The molecule has 1 N–H and O–H groups in total. The molecule has 2 nitrogen and oxygen atoms in total. The summed E-state index contributed by atoms with van der Waals surface area (Å²) in [5.74, 6) is 1.56. The minimum Gasteiger partial charge on any atom is -0.257 e. The molecule has 5 heteroatoms. The summed E-state index contributed by atoms with van der Waals surface area (Å²) >= 11 is 8.28. The van der Waals surface area contributed by atoms with Crippen LogP contribution in [0.15, 0.2) is 34.7 Å². The van der Waals surface area contributed by atoms with Crippen LogP contribution in [0.2, 0.25) is 0 Å². The molecule has 2 aromatic rings. The Morgan fingerprint density at radius 3 is 2.81 bits per heavy atom. The van der Waals surface area contributed by atoms with Crippen molar-refractivity contribution in [2.45, 2.75) is 17.2 Å². The number of nitrogens with zero attached hydrogens (tertiary/aromatic N) is 1. The second kappa shape index (κ2) is 5.61. The summed E-state index contributed by atoms with van der Waals surface area (Å²) in [4.78, 5) is 0. The van der Waals surface area contributed by atoms with Crippen molar-refractivity contribution in [3.8, 4) is 0 Å². The lowest BCUT2D eigenvalue weighted by Gasteiger charge is -2.09. The van der Waals surface area contributed by atoms with Gasteiger partial charge in [-0.2, -0.15) is 5.10 Å². The largest absolute Gasteiger partial charge is 0.257 e. The summed E-state index contributed by atoms with van der Waals surface area (Å²) in [6.45, 7) is 2.23. The molecule has 84 valence electrons. The van der Waals surface area contributed by atoms with Crippen LogP contribution in [0.3, 0.4) is 0 Å². The monoisotopic (exact) mass is 268 g/mol. The first-order chi connectivity index (χ1) is 7.75. The Bertz CT molecular complexity index is 489. The molecule has 2 rings (SSSR count). The molecule has 0 saturated carbocycles. The van der Waals surface area contributed by atoms with Crippen molar-refractivity contribution in [3.63, 3.8) is 0 Å². The summed E-state index contributed by atoms with van der Waals surface area (Å²) in [6, 6.07) is 10.5. The molecule has 0 saturated heterocycles. The first-order valence-electron chi connectivity index (χ1n) is 4.99. The average molecular weight is 268 g/mol. The van der Waals surface area contributed by atoms with Crippen LogP contribution >= 0.6 is 35.3 Å². The van der Waals surface area contributed by atoms with Crippen LogP contribution < -0.4 is 0 Å². The van der Waals surface area contributed by atoms with Crippen LogP contribution in [-0.2, 0) is 0 Å². The van der Waals surface area contributed by atoms with E-state index in [0.29, 0.717) is 5.92 Å². The van der Waals surface area contributed by atoms with E-state index in [-0.39, 0.29) is 0 Å². The number of nitrogens with one attached hydrogen (secondary N) is 1. The van der Waals surface area contributed by atoms with E-state index in [4.69, 9.17) is 12.2 Å². The number of aromatic nitrogens is 2. The molecule has 0 amide bonds. The third-order valence-electron chi connectivity index (χ3n) is 2.24. The van der Waals surface area contributed by atoms with Crippen molar-refractivity contribution in [1.82, 2.24) is 10.2 Å². The van der Waals surface area contributed by atoms with E-state index < -0.39 is 0 Å². The van der Waals surface area contributed by atoms with Crippen LogP contribution in [0.5, 0.6) is 0 Å². The zero-order chi connectivity index (χ0) is 11.4. The highest BCUT2D eigenvalue weighted by Gasteiger charge is 2.07. The molecule has 1 heterocycles. The molecule has 16 heavy (non-hydrogen) atoms. The van der Waals surface area contributed by atoms with E-state index in [1.165, 1.54) is 16.9 Å². The summed E-state index contributed by atoms with van der Waals surface area (Å²) < 4.78 is 1.77. The standard InChI is InChI=1S/C11H12N2S3/c1-8(9-5-3-2-4-6-9)7-15-11-13-12-10(14)16-11/h2-6,8H,7H2,1H3,(H,12,14)/t8-/m0/s1. The van der Waals surface area contributed by atoms with Gasteiger partial charge in [0.25, 0.3) is 0 Å². The molecular formula is C11H12N2S3. The molecule has 1 atom stereocenters. The van der Waals surface area contributed by atoms with E-state index in [9.17, 15) is 0 Å². The number of hydrogen-bond donors (Lipinski definition) is 1. The summed E-state index contributed by atoms with van der Waals surface area (Å²) in [5, 5.41) is 6.93.